The summed E-state index contributed by atoms with van der Waals surface area (Å²) < 4.78 is 10.2. The number of amides is 1. The molecule has 5 heteroatoms. The Labute approximate surface area is 135 Å². The van der Waals surface area contributed by atoms with Crippen molar-refractivity contribution in [3.63, 3.8) is 0 Å². The molecule has 0 spiro atoms. The smallest absolute Gasteiger partial charge is 0.338 e. The highest BCUT2D eigenvalue weighted by atomic mass is 16.5. The number of ether oxygens (including phenoxy) is 2. The number of carbonyl (C=O) groups excluding carboxylic acids is 2. The lowest BCUT2D eigenvalue weighted by Gasteiger charge is -2.15. The molecule has 0 aliphatic heterocycles. The second-order valence-electron chi connectivity index (χ2n) is 5.01. The van der Waals surface area contributed by atoms with Crippen molar-refractivity contribution >= 4 is 11.9 Å². The van der Waals surface area contributed by atoms with Gasteiger partial charge in [0.05, 0.1) is 18.7 Å². The van der Waals surface area contributed by atoms with Gasteiger partial charge < -0.3 is 14.8 Å². The first-order valence-electron chi connectivity index (χ1n) is 7.25. The number of hydrogen-bond acceptors (Lipinski definition) is 4. The first-order valence-corrected chi connectivity index (χ1v) is 7.25. The average Bonchev–Trinajstić information content (AvgIpc) is 2.60. The first-order chi connectivity index (χ1) is 11.1. The molecule has 2 rings (SSSR count). The van der Waals surface area contributed by atoms with Crippen LogP contribution in [0.15, 0.2) is 54.6 Å². The quantitative estimate of drug-likeness (QED) is 0.833. The molecule has 0 aromatic heterocycles. The van der Waals surface area contributed by atoms with Gasteiger partial charge in [-0.05, 0) is 36.8 Å². The van der Waals surface area contributed by atoms with E-state index in [1.165, 1.54) is 0 Å². The Morgan fingerprint density at radius 3 is 2.52 bits per heavy atom. The number of methoxy groups -OCH3 is 1. The van der Waals surface area contributed by atoms with E-state index >= 15 is 0 Å². The molecule has 0 heterocycles. The number of hydrogen-bond donors (Lipinski definition) is 1. The van der Waals surface area contributed by atoms with Crippen LogP contribution in [0.25, 0.3) is 0 Å². The van der Waals surface area contributed by atoms with Crippen LogP contribution in [0, 0.1) is 0 Å². The summed E-state index contributed by atoms with van der Waals surface area (Å²) in [5.74, 6) is -0.154. The van der Waals surface area contributed by atoms with Gasteiger partial charge in [0.1, 0.15) is 5.75 Å². The SMILES string of the molecule is COc1cccc([C@H](C)NC(=O)COC(=O)c2ccccc2)c1. The summed E-state index contributed by atoms with van der Waals surface area (Å²) in [7, 11) is 1.59. The lowest BCUT2D eigenvalue weighted by Crippen LogP contribution is -2.31. The zero-order chi connectivity index (χ0) is 16.7. The van der Waals surface area contributed by atoms with Crippen molar-refractivity contribution < 1.29 is 19.1 Å². The highest BCUT2D eigenvalue weighted by Crippen LogP contribution is 2.18. The Bertz CT molecular complexity index is 670. The largest absolute Gasteiger partial charge is 0.497 e. The number of carbonyl (C=O) groups is 2. The predicted molar refractivity (Wildman–Crippen MR) is 86.3 cm³/mol. The Morgan fingerprint density at radius 1 is 1.09 bits per heavy atom. The van der Waals surface area contributed by atoms with E-state index in [4.69, 9.17) is 9.47 Å². The highest BCUT2D eigenvalue weighted by Gasteiger charge is 2.13. The van der Waals surface area contributed by atoms with Gasteiger partial charge in [-0.15, -0.1) is 0 Å². The molecule has 0 saturated heterocycles. The summed E-state index contributed by atoms with van der Waals surface area (Å²) in [6, 6.07) is 15.8. The summed E-state index contributed by atoms with van der Waals surface area (Å²) in [5.41, 5.74) is 1.33. The zero-order valence-electron chi connectivity index (χ0n) is 13.1. The van der Waals surface area contributed by atoms with Crippen LogP contribution in [0.5, 0.6) is 5.75 Å². The topological polar surface area (TPSA) is 64.6 Å². The minimum Gasteiger partial charge on any atom is -0.497 e. The Balaban J connectivity index is 1.85. The van der Waals surface area contributed by atoms with Crippen LogP contribution in [0.2, 0.25) is 0 Å². The van der Waals surface area contributed by atoms with Gasteiger partial charge in [-0.3, -0.25) is 4.79 Å². The van der Waals surface area contributed by atoms with Gasteiger partial charge in [0.15, 0.2) is 6.61 Å². The monoisotopic (exact) mass is 313 g/mol. The third-order valence-electron chi connectivity index (χ3n) is 3.32. The zero-order valence-corrected chi connectivity index (χ0v) is 13.1. The van der Waals surface area contributed by atoms with E-state index in [1.807, 2.05) is 31.2 Å². The standard InChI is InChI=1S/C18H19NO4/c1-13(15-9-6-10-16(11-15)22-2)19-17(20)12-23-18(21)14-7-4-3-5-8-14/h3-11,13H,12H2,1-2H3,(H,19,20)/t13-/m0/s1. The van der Waals surface area contributed by atoms with Crippen LogP contribution < -0.4 is 10.1 Å². The summed E-state index contributed by atoms with van der Waals surface area (Å²) in [4.78, 5) is 23.7. The molecule has 2 aromatic carbocycles. The molecule has 0 unspecified atom stereocenters. The lowest BCUT2D eigenvalue weighted by atomic mass is 10.1. The van der Waals surface area contributed by atoms with E-state index < -0.39 is 5.97 Å². The van der Waals surface area contributed by atoms with Crippen molar-refractivity contribution in [1.82, 2.24) is 5.32 Å². The van der Waals surface area contributed by atoms with Crippen LogP contribution in [0.4, 0.5) is 0 Å². The van der Waals surface area contributed by atoms with Crippen LogP contribution in [0.3, 0.4) is 0 Å². The molecule has 120 valence electrons. The molecule has 0 radical (unpaired) electrons. The highest BCUT2D eigenvalue weighted by molar-refractivity contribution is 5.91. The van der Waals surface area contributed by atoms with Gasteiger partial charge in [0.2, 0.25) is 0 Å². The van der Waals surface area contributed by atoms with Gasteiger partial charge in [0, 0.05) is 0 Å². The summed E-state index contributed by atoms with van der Waals surface area (Å²) >= 11 is 0. The predicted octanol–water partition coefficient (Wildman–Crippen LogP) is 2.73. The van der Waals surface area contributed by atoms with Gasteiger partial charge >= 0.3 is 5.97 Å². The molecule has 1 N–H and O–H groups in total. The van der Waals surface area contributed by atoms with Crippen molar-refractivity contribution in [1.29, 1.82) is 0 Å². The molecule has 0 saturated carbocycles. The van der Waals surface area contributed by atoms with Crippen molar-refractivity contribution in [2.45, 2.75) is 13.0 Å². The van der Waals surface area contributed by atoms with Crippen molar-refractivity contribution in [3.8, 4) is 5.75 Å². The first kappa shape index (κ1) is 16.5. The van der Waals surface area contributed by atoms with Crippen molar-refractivity contribution in [2.24, 2.45) is 0 Å². The number of rotatable bonds is 6. The number of esters is 1. The van der Waals surface area contributed by atoms with E-state index in [-0.39, 0.29) is 18.6 Å². The van der Waals surface area contributed by atoms with Gasteiger partial charge in [-0.1, -0.05) is 30.3 Å². The van der Waals surface area contributed by atoms with Gasteiger partial charge in [0.25, 0.3) is 5.91 Å². The van der Waals surface area contributed by atoms with Crippen molar-refractivity contribution in [3.05, 3.63) is 65.7 Å². The van der Waals surface area contributed by atoms with Crippen molar-refractivity contribution in [2.75, 3.05) is 13.7 Å². The van der Waals surface area contributed by atoms with E-state index in [1.54, 1.807) is 37.4 Å². The maximum absolute atomic E-state index is 11.9. The molecule has 5 nitrogen and oxygen atoms in total. The molecule has 1 amide bonds. The van der Waals surface area contributed by atoms with E-state index in [2.05, 4.69) is 5.32 Å². The van der Waals surface area contributed by atoms with E-state index in [9.17, 15) is 9.59 Å². The Hall–Kier alpha value is -2.82. The van der Waals surface area contributed by atoms with E-state index in [0.29, 0.717) is 5.56 Å². The summed E-state index contributed by atoms with van der Waals surface area (Å²) in [6.07, 6.45) is 0. The average molecular weight is 313 g/mol. The van der Waals surface area contributed by atoms with Crippen LogP contribution in [-0.4, -0.2) is 25.6 Å². The second kappa shape index (κ2) is 7.98. The maximum Gasteiger partial charge on any atom is 0.338 e. The summed E-state index contributed by atoms with van der Waals surface area (Å²) in [6.45, 7) is 1.54. The molecular weight excluding hydrogens is 294 g/mol. The molecule has 0 aliphatic carbocycles. The van der Waals surface area contributed by atoms with E-state index in [0.717, 1.165) is 11.3 Å². The molecular formula is C18H19NO4. The van der Waals surface area contributed by atoms with Gasteiger partial charge in [-0.2, -0.15) is 0 Å². The minimum absolute atomic E-state index is 0.215. The number of benzene rings is 2. The molecule has 0 bridgehead atoms. The van der Waals surface area contributed by atoms with Gasteiger partial charge in [-0.25, -0.2) is 4.79 Å². The lowest BCUT2D eigenvalue weighted by molar-refractivity contribution is -0.124. The molecule has 1 atom stereocenters. The molecule has 2 aromatic rings. The normalized spacial score (nSPS) is 11.4. The Morgan fingerprint density at radius 2 is 1.83 bits per heavy atom. The second-order valence-corrected chi connectivity index (χ2v) is 5.01. The fourth-order valence-electron chi connectivity index (χ4n) is 2.07. The molecule has 23 heavy (non-hydrogen) atoms. The fourth-order valence-corrected chi connectivity index (χ4v) is 2.07. The molecule has 0 fully saturated rings. The minimum atomic E-state index is -0.519. The Kier molecular flexibility index (Phi) is 5.74. The molecule has 0 aliphatic rings. The maximum atomic E-state index is 11.9. The van der Waals surface area contributed by atoms with Crippen LogP contribution in [0.1, 0.15) is 28.9 Å². The van der Waals surface area contributed by atoms with Crippen LogP contribution >= 0.6 is 0 Å². The third-order valence-corrected chi connectivity index (χ3v) is 3.32. The third kappa shape index (κ3) is 4.85. The fraction of sp³-hybridized carbons (Fsp3) is 0.222. The summed E-state index contributed by atoms with van der Waals surface area (Å²) in [5, 5.41) is 2.78. The number of nitrogens with one attached hydrogen (secondary N) is 1. The van der Waals surface area contributed by atoms with Crippen LogP contribution in [-0.2, 0) is 9.53 Å².